The van der Waals surface area contributed by atoms with Gasteiger partial charge >= 0.3 is 0 Å². The van der Waals surface area contributed by atoms with Crippen molar-refractivity contribution in [3.8, 4) is 0 Å². The molecule has 6 nitrogen and oxygen atoms in total. The van der Waals surface area contributed by atoms with Crippen LogP contribution in [0, 0.1) is 5.82 Å². The Balaban J connectivity index is 0.00000225. The fourth-order valence-corrected chi connectivity index (χ4v) is 3.84. The minimum atomic E-state index is -0.491. The summed E-state index contributed by atoms with van der Waals surface area (Å²) in [4.78, 5) is 12.6. The normalized spacial score (nSPS) is 24.6. The van der Waals surface area contributed by atoms with Gasteiger partial charge in [0.25, 0.3) is 5.91 Å². The zero-order valence-electron chi connectivity index (χ0n) is 15.2. The van der Waals surface area contributed by atoms with E-state index in [-0.39, 0.29) is 35.4 Å². The molecule has 152 valence electrons. The quantitative estimate of drug-likeness (QED) is 0.783. The summed E-state index contributed by atoms with van der Waals surface area (Å²) < 4.78 is 21.4. The van der Waals surface area contributed by atoms with Crippen LogP contribution >= 0.6 is 24.0 Å². The molecule has 2 saturated heterocycles. The maximum atomic E-state index is 13.8. The van der Waals surface area contributed by atoms with Gasteiger partial charge < -0.3 is 15.4 Å². The van der Waals surface area contributed by atoms with Crippen LogP contribution in [0.2, 0.25) is 5.02 Å². The van der Waals surface area contributed by atoms with Gasteiger partial charge in [-0.25, -0.2) is 4.39 Å². The van der Waals surface area contributed by atoms with Crippen LogP contribution in [0.25, 0.3) is 0 Å². The van der Waals surface area contributed by atoms with Crippen LogP contribution in [0.3, 0.4) is 0 Å². The van der Waals surface area contributed by atoms with Crippen molar-refractivity contribution < 1.29 is 13.9 Å². The number of halogens is 3. The Morgan fingerprint density at radius 2 is 2.21 bits per heavy atom. The zero-order valence-corrected chi connectivity index (χ0v) is 16.8. The predicted octanol–water partition coefficient (Wildman–Crippen LogP) is 3.28. The van der Waals surface area contributed by atoms with E-state index in [4.69, 9.17) is 16.3 Å². The smallest absolute Gasteiger partial charge is 0.272 e. The van der Waals surface area contributed by atoms with Crippen LogP contribution in [0.4, 0.5) is 4.39 Å². The summed E-state index contributed by atoms with van der Waals surface area (Å²) in [7, 11) is 0. The maximum Gasteiger partial charge on any atom is 0.272 e. The van der Waals surface area contributed by atoms with E-state index in [0.29, 0.717) is 24.3 Å². The number of hydrogen-bond donors (Lipinski definition) is 2. The molecule has 3 heterocycles. The molecule has 2 aliphatic heterocycles. The van der Waals surface area contributed by atoms with Crippen molar-refractivity contribution in [2.24, 2.45) is 0 Å². The molecule has 2 aliphatic rings. The molecule has 3 atom stereocenters. The minimum absolute atomic E-state index is 0. The summed E-state index contributed by atoms with van der Waals surface area (Å²) in [6, 6.07) is 6.37. The lowest BCUT2D eigenvalue weighted by Crippen LogP contribution is -2.37. The minimum Gasteiger partial charge on any atom is -0.371 e. The first-order valence-electron chi connectivity index (χ1n) is 9.25. The second-order valence-corrected chi connectivity index (χ2v) is 7.42. The zero-order chi connectivity index (χ0) is 18.8. The number of benzene rings is 1. The van der Waals surface area contributed by atoms with E-state index in [1.807, 2.05) is 10.9 Å². The summed E-state index contributed by atoms with van der Waals surface area (Å²) in [5, 5.41) is 10.8. The van der Waals surface area contributed by atoms with E-state index in [2.05, 4.69) is 15.7 Å². The lowest BCUT2D eigenvalue weighted by atomic mass is 10.0. The highest BCUT2D eigenvalue weighted by Crippen LogP contribution is 2.31. The van der Waals surface area contributed by atoms with Crippen LogP contribution < -0.4 is 10.6 Å². The number of piperidine rings is 1. The van der Waals surface area contributed by atoms with Crippen molar-refractivity contribution in [3.63, 3.8) is 0 Å². The molecule has 3 unspecified atom stereocenters. The van der Waals surface area contributed by atoms with E-state index in [9.17, 15) is 9.18 Å². The van der Waals surface area contributed by atoms with Gasteiger partial charge in [0.05, 0.1) is 17.1 Å². The first-order valence-corrected chi connectivity index (χ1v) is 9.63. The van der Waals surface area contributed by atoms with Crippen LogP contribution in [0.5, 0.6) is 0 Å². The monoisotopic (exact) mass is 428 g/mol. The van der Waals surface area contributed by atoms with Gasteiger partial charge in [0, 0.05) is 19.3 Å². The second kappa shape index (κ2) is 9.22. The number of ether oxygens (including phenoxy) is 1. The number of amides is 1. The Labute approximate surface area is 174 Å². The molecule has 0 saturated carbocycles. The summed E-state index contributed by atoms with van der Waals surface area (Å²) in [5.41, 5.74) is 1.05. The van der Waals surface area contributed by atoms with Crippen molar-refractivity contribution >= 4 is 29.9 Å². The van der Waals surface area contributed by atoms with Gasteiger partial charge in [0.1, 0.15) is 17.6 Å². The molecule has 0 aliphatic carbocycles. The van der Waals surface area contributed by atoms with Gasteiger partial charge in [-0.2, -0.15) is 5.10 Å². The van der Waals surface area contributed by atoms with Crippen molar-refractivity contribution in [1.29, 1.82) is 0 Å². The highest BCUT2D eigenvalue weighted by atomic mass is 35.5. The van der Waals surface area contributed by atoms with E-state index >= 15 is 0 Å². The first kappa shape index (κ1) is 21.0. The number of carbonyl (C=O) groups is 1. The summed E-state index contributed by atoms with van der Waals surface area (Å²) in [5.74, 6) is -0.734. The van der Waals surface area contributed by atoms with E-state index in [0.717, 1.165) is 25.9 Å². The number of hydrogen-bond acceptors (Lipinski definition) is 4. The molecule has 1 amide bonds. The lowest BCUT2D eigenvalue weighted by molar-refractivity contribution is 0.0816. The molecule has 0 bridgehead atoms. The van der Waals surface area contributed by atoms with Gasteiger partial charge in [-0.3, -0.25) is 9.48 Å². The Morgan fingerprint density at radius 3 is 2.96 bits per heavy atom. The third-order valence-corrected chi connectivity index (χ3v) is 5.47. The van der Waals surface area contributed by atoms with Gasteiger partial charge in [0.15, 0.2) is 0 Å². The van der Waals surface area contributed by atoms with Crippen molar-refractivity contribution in [3.05, 3.63) is 52.6 Å². The SMILES string of the molecule is Cl.O=C(NC1CCOC1c1ccc(Cl)c(F)c1)c1ccn(C2CCCNC2)n1. The molecule has 4 rings (SSSR count). The summed E-state index contributed by atoms with van der Waals surface area (Å²) in [6.07, 6.45) is 4.27. The maximum absolute atomic E-state index is 13.8. The molecule has 2 fully saturated rings. The summed E-state index contributed by atoms with van der Waals surface area (Å²) >= 11 is 5.75. The van der Waals surface area contributed by atoms with E-state index in [1.165, 1.54) is 12.1 Å². The molecule has 28 heavy (non-hydrogen) atoms. The topological polar surface area (TPSA) is 68.2 Å². The largest absolute Gasteiger partial charge is 0.371 e. The predicted molar refractivity (Wildman–Crippen MR) is 107 cm³/mol. The van der Waals surface area contributed by atoms with Crippen LogP contribution in [0.15, 0.2) is 30.5 Å². The molecule has 9 heteroatoms. The number of nitrogens with one attached hydrogen (secondary N) is 2. The lowest BCUT2D eigenvalue weighted by Gasteiger charge is -2.23. The Hall–Kier alpha value is -1.67. The van der Waals surface area contributed by atoms with Gasteiger partial charge in [-0.15, -0.1) is 12.4 Å². The van der Waals surface area contributed by atoms with Crippen LogP contribution in [-0.4, -0.2) is 41.4 Å². The van der Waals surface area contributed by atoms with E-state index in [1.54, 1.807) is 12.1 Å². The van der Waals surface area contributed by atoms with Crippen LogP contribution in [-0.2, 0) is 4.74 Å². The van der Waals surface area contributed by atoms with Gasteiger partial charge in [-0.1, -0.05) is 17.7 Å². The Kier molecular flexibility index (Phi) is 6.93. The highest BCUT2D eigenvalue weighted by molar-refractivity contribution is 6.30. The highest BCUT2D eigenvalue weighted by Gasteiger charge is 2.32. The molecular formula is C19H23Cl2FN4O2. The molecule has 0 spiro atoms. The van der Waals surface area contributed by atoms with E-state index < -0.39 is 11.9 Å². The number of rotatable bonds is 4. The fourth-order valence-electron chi connectivity index (χ4n) is 3.72. The average molecular weight is 429 g/mol. The van der Waals surface area contributed by atoms with Gasteiger partial charge in [0.2, 0.25) is 0 Å². The molecular weight excluding hydrogens is 406 g/mol. The van der Waals surface area contributed by atoms with Crippen molar-refractivity contribution in [2.45, 2.75) is 37.5 Å². The molecule has 2 aromatic rings. The number of aromatic nitrogens is 2. The standard InChI is InChI=1S/C19H22ClFN4O2.ClH/c20-14-4-3-12(10-15(14)21)18-16(6-9-27-18)23-19(26)17-5-8-25(24-17)13-2-1-7-22-11-13;/h3-5,8,10,13,16,18,22H,1-2,6-7,9,11H2,(H,23,26);1H. The molecule has 0 radical (unpaired) electrons. The van der Waals surface area contributed by atoms with Crippen molar-refractivity contribution in [1.82, 2.24) is 20.4 Å². The average Bonchev–Trinajstić information content (AvgIpc) is 3.34. The summed E-state index contributed by atoms with van der Waals surface area (Å²) in [6.45, 7) is 2.39. The number of nitrogens with zero attached hydrogens (tertiary/aromatic N) is 2. The molecule has 1 aromatic heterocycles. The first-order chi connectivity index (χ1) is 13.1. The Morgan fingerprint density at radius 1 is 1.36 bits per heavy atom. The third-order valence-electron chi connectivity index (χ3n) is 5.17. The molecule has 1 aromatic carbocycles. The van der Waals surface area contributed by atoms with Crippen LogP contribution in [0.1, 0.15) is 47.5 Å². The number of carbonyl (C=O) groups excluding carboxylic acids is 1. The molecule has 2 N–H and O–H groups in total. The van der Waals surface area contributed by atoms with Gasteiger partial charge in [-0.05, 0) is 49.6 Å². The third kappa shape index (κ3) is 4.49. The second-order valence-electron chi connectivity index (χ2n) is 7.01. The Bertz CT molecular complexity index is 826. The van der Waals surface area contributed by atoms with Crippen molar-refractivity contribution in [2.75, 3.05) is 19.7 Å². The fraction of sp³-hybridized carbons (Fsp3) is 0.474.